The number of hydrogen-bond donors (Lipinski definition) is 1. The molecule has 0 aliphatic carbocycles. The molecule has 0 spiro atoms. The summed E-state index contributed by atoms with van der Waals surface area (Å²) in [7, 11) is 4.19. The predicted octanol–water partition coefficient (Wildman–Crippen LogP) is 6.97. The van der Waals surface area contributed by atoms with E-state index >= 15 is 0 Å². The van der Waals surface area contributed by atoms with Gasteiger partial charge in [-0.1, -0.05) is 44.0 Å². The summed E-state index contributed by atoms with van der Waals surface area (Å²) in [5, 5.41) is 0.719. The minimum absolute atomic E-state index is 0.0246. The van der Waals surface area contributed by atoms with Gasteiger partial charge in [-0.15, -0.1) is 0 Å². The Morgan fingerprint density at radius 1 is 1.10 bits per heavy atom. The molecule has 12 heteroatoms. The molecule has 1 fully saturated rings. The van der Waals surface area contributed by atoms with Gasteiger partial charge >= 0.3 is 6.09 Å². The Morgan fingerprint density at radius 2 is 1.82 bits per heavy atom. The first-order valence-electron chi connectivity index (χ1n) is 18.2. The quantitative estimate of drug-likeness (QED) is 0.328. The normalized spacial score (nSPS) is 24.5. The minimum atomic E-state index is -1.81. The molecule has 3 heterocycles. The zero-order valence-electron chi connectivity index (χ0n) is 31.4. The largest absolute Gasteiger partial charge is 0.491 e. The lowest BCUT2D eigenvalue weighted by atomic mass is 9.91. The number of fused-ring (bicyclic) bond motifs is 1. The second kappa shape index (κ2) is 19.1. The summed E-state index contributed by atoms with van der Waals surface area (Å²) in [6, 6.07) is 11.5. The number of carbonyl (C=O) groups is 2. The summed E-state index contributed by atoms with van der Waals surface area (Å²) in [4.78, 5) is 32.9. The van der Waals surface area contributed by atoms with Crippen molar-refractivity contribution in [2.75, 3.05) is 65.4 Å². The molecule has 1 saturated heterocycles. The summed E-state index contributed by atoms with van der Waals surface area (Å²) < 4.78 is 34.6. The number of likely N-dealkylation sites (tertiary alicyclic amines) is 1. The Bertz CT molecular complexity index is 1530. The Labute approximate surface area is 312 Å². The van der Waals surface area contributed by atoms with Gasteiger partial charge in [0.1, 0.15) is 17.5 Å². The lowest BCUT2D eigenvalue weighted by Crippen LogP contribution is -2.45. The summed E-state index contributed by atoms with van der Waals surface area (Å²) in [5.74, 6) is 0.285. The van der Waals surface area contributed by atoms with Gasteiger partial charge in [0.25, 0.3) is 5.91 Å². The van der Waals surface area contributed by atoms with Crippen molar-refractivity contribution in [3.63, 3.8) is 0 Å². The molecular formula is C39H57ClN4O6S. The highest BCUT2D eigenvalue weighted by Crippen LogP contribution is 2.38. The van der Waals surface area contributed by atoms with E-state index in [-0.39, 0.29) is 24.5 Å². The van der Waals surface area contributed by atoms with Gasteiger partial charge in [0, 0.05) is 43.0 Å². The van der Waals surface area contributed by atoms with E-state index < -0.39 is 28.6 Å². The molecule has 2 aromatic rings. The highest BCUT2D eigenvalue weighted by Gasteiger charge is 2.33. The molecule has 5 rings (SSSR count). The summed E-state index contributed by atoms with van der Waals surface area (Å²) >= 11 is 6.42. The number of anilines is 1. The molecule has 1 N–H and O–H groups in total. The third-order valence-corrected chi connectivity index (χ3v) is 10.7. The third-order valence-electron chi connectivity index (χ3n) is 9.39. The van der Waals surface area contributed by atoms with Crippen LogP contribution in [0.1, 0.15) is 76.8 Å². The number of rotatable bonds is 5. The molecule has 3 aliphatic heterocycles. The van der Waals surface area contributed by atoms with Crippen LogP contribution in [0.15, 0.2) is 53.4 Å². The minimum Gasteiger partial charge on any atom is -0.491 e. The first kappa shape index (κ1) is 40.6. The maximum absolute atomic E-state index is 13.5. The van der Waals surface area contributed by atoms with Gasteiger partial charge in [0.15, 0.2) is 11.0 Å². The van der Waals surface area contributed by atoms with Gasteiger partial charge in [0.2, 0.25) is 0 Å². The van der Waals surface area contributed by atoms with Crippen LogP contribution in [0.4, 0.5) is 10.5 Å². The van der Waals surface area contributed by atoms with E-state index in [1.807, 2.05) is 56.4 Å². The van der Waals surface area contributed by atoms with Crippen molar-refractivity contribution in [2.24, 2.45) is 5.92 Å². The number of nitrogens with one attached hydrogen (secondary N) is 1. The van der Waals surface area contributed by atoms with Crippen molar-refractivity contribution in [3.8, 4) is 5.75 Å². The Kier molecular flexibility index (Phi) is 15.2. The monoisotopic (exact) mass is 744 g/mol. The fraction of sp³-hybridized carbons (Fsp3) is 0.590. The molecule has 4 atom stereocenters. The molecule has 282 valence electrons. The number of aryl methyl sites for hydroxylation is 1. The fourth-order valence-corrected chi connectivity index (χ4v) is 7.67. The van der Waals surface area contributed by atoms with Crippen molar-refractivity contribution < 1.29 is 28.0 Å². The first-order chi connectivity index (χ1) is 24.3. The number of amides is 2. The van der Waals surface area contributed by atoms with E-state index in [0.717, 1.165) is 49.2 Å². The van der Waals surface area contributed by atoms with Crippen molar-refractivity contribution >= 4 is 40.3 Å². The number of hydrogen-bond acceptors (Lipinski definition) is 8. The van der Waals surface area contributed by atoms with Gasteiger partial charge in [-0.2, -0.15) is 0 Å². The van der Waals surface area contributed by atoms with Crippen LogP contribution in [0.5, 0.6) is 5.75 Å². The topological polar surface area (TPSA) is 101 Å². The zero-order chi connectivity index (χ0) is 37.1. The van der Waals surface area contributed by atoms with Gasteiger partial charge < -0.3 is 28.9 Å². The average molecular weight is 745 g/mol. The lowest BCUT2D eigenvalue weighted by Gasteiger charge is -2.32. The predicted molar refractivity (Wildman–Crippen MR) is 205 cm³/mol. The van der Waals surface area contributed by atoms with Gasteiger partial charge in [-0.3, -0.25) is 9.52 Å². The Hall–Kier alpha value is -3.12. The van der Waals surface area contributed by atoms with Crippen molar-refractivity contribution in [3.05, 3.63) is 64.7 Å². The van der Waals surface area contributed by atoms with E-state index in [0.29, 0.717) is 43.4 Å². The fourth-order valence-electron chi connectivity index (χ4n) is 6.53. The number of halogens is 1. The molecular weight excluding hydrogens is 688 g/mol. The smallest absolute Gasteiger partial charge is 0.410 e. The lowest BCUT2D eigenvalue weighted by molar-refractivity contribution is -0.139. The van der Waals surface area contributed by atoms with Crippen LogP contribution in [0.25, 0.3) is 0 Å². The summed E-state index contributed by atoms with van der Waals surface area (Å²) in [6.45, 7) is 10.9. The summed E-state index contributed by atoms with van der Waals surface area (Å²) in [5.41, 5.74) is 2.00. The van der Waals surface area contributed by atoms with Gasteiger partial charge in [-0.25, -0.2) is 9.00 Å². The number of nitrogens with zero attached hydrogens (tertiary/aromatic N) is 3. The third kappa shape index (κ3) is 11.4. The zero-order valence-corrected chi connectivity index (χ0v) is 33.0. The molecule has 0 saturated carbocycles. The standard InChI is InChI=1S/C36H48ClN3O6S.C3H9N/c1-5-10-26-21-28(37)12-14-30(26)27-23-40-19-16-25(6-2)32(46-35(42)39-17-7-8-18-39)11-9-20-45-36(3,4)34(41)38-47(43)29-13-15-33(44-24-27)31(40)22-29;1-4(2)3/h9,11-15,21-22,25,27,32H,5-8,10,16-20,23-24H2,1-4H3,(H,38,41);1-3H3/b11-9+;. The van der Waals surface area contributed by atoms with Crippen LogP contribution >= 0.6 is 11.6 Å². The molecule has 2 amide bonds. The molecule has 3 aliphatic rings. The van der Waals surface area contributed by atoms with Crippen molar-refractivity contribution in [1.29, 1.82) is 0 Å². The second-order valence-corrected chi connectivity index (χ2v) is 16.1. The van der Waals surface area contributed by atoms with Crippen molar-refractivity contribution in [1.82, 2.24) is 14.5 Å². The average Bonchev–Trinajstić information content (AvgIpc) is 3.57. The van der Waals surface area contributed by atoms with Crippen LogP contribution in [-0.4, -0.2) is 98.2 Å². The van der Waals surface area contributed by atoms with Crippen LogP contribution in [0, 0.1) is 5.92 Å². The molecule has 2 aromatic carbocycles. The van der Waals surface area contributed by atoms with E-state index in [1.165, 1.54) is 11.1 Å². The maximum atomic E-state index is 13.5. The molecule has 0 radical (unpaired) electrons. The molecule has 0 aromatic heterocycles. The van der Waals surface area contributed by atoms with Crippen LogP contribution < -0.4 is 14.4 Å². The Morgan fingerprint density at radius 3 is 2.51 bits per heavy atom. The Balaban J connectivity index is 0.00000138. The number of ether oxygens (including phenoxy) is 3. The SMILES string of the molecule is CCCc1cc(Cl)ccc1C1COc2ccc3cc2N(CCC(CC)C(OC(=O)N2CCCC2)/C=C/COC(C)(C)C(=O)NS3=O)C1.CN(C)C. The molecule has 10 nitrogen and oxygen atoms in total. The van der Waals surface area contributed by atoms with E-state index in [9.17, 15) is 13.8 Å². The highest BCUT2D eigenvalue weighted by atomic mass is 35.5. The first-order valence-corrected chi connectivity index (χ1v) is 19.8. The molecule has 4 unspecified atom stereocenters. The van der Waals surface area contributed by atoms with E-state index in [4.69, 9.17) is 25.8 Å². The number of benzene rings is 2. The highest BCUT2D eigenvalue weighted by molar-refractivity contribution is 7.83. The van der Waals surface area contributed by atoms with Gasteiger partial charge in [0.05, 0.1) is 23.8 Å². The van der Waals surface area contributed by atoms with Crippen LogP contribution in [-0.2, 0) is 31.7 Å². The second-order valence-electron chi connectivity index (χ2n) is 14.5. The van der Waals surface area contributed by atoms with Crippen molar-refractivity contribution in [2.45, 2.75) is 88.7 Å². The van der Waals surface area contributed by atoms with E-state index in [1.54, 1.807) is 24.8 Å². The van der Waals surface area contributed by atoms with Crippen LogP contribution in [0.2, 0.25) is 5.02 Å². The molecule has 51 heavy (non-hydrogen) atoms. The summed E-state index contributed by atoms with van der Waals surface area (Å²) in [6.07, 6.45) is 8.35. The van der Waals surface area contributed by atoms with E-state index in [2.05, 4.69) is 35.6 Å². The van der Waals surface area contributed by atoms with Gasteiger partial charge in [-0.05, 0) is 115 Å². The van der Waals surface area contributed by atoms with Crippen LogP contribution in [0.3, 0.4) is 0 Å². The maximum Gasteiger partial charge on any atom is 0.410 e. The number of carbonyl (C=O) groups excluding carboxylic acids is 2. The molecule has 2 bridgehead atoms.